The molecule has 1 aromatic carbocycles. The molecule has 0 fully saturated rings. The van der Waals surface area contributed by atoms with Crippen LogP contribution in [0.1, 0.15) is 161 Å². The molecule has 1 amide bonds. The summed E-state index contributed by atoms with van der Waals surface area (Å²) in [5.41, 5.74) is 2.53. The highest BCUT2D eigenvalue weighted by Crippen LogP contribution is 2.20. The van der Waals surface area contributed by atoms with Crippen molar-refractivity contribution in [2.24, 2.45) is 41.4 Å². The lowest BCUT2D eigenvalue weighted by Crippen LogP contribution is -2.32. The first-order valence-electron chi connectivity index (χ1n) is 23.5. The molecule has 0 saturated heterocycles. The fourth-order valence-electron chi connectivity index (χ4n) is 4.76. The van der Waals surface area contributed by atoms with Crippen LogP contribution in [0.4, 0.5) is 8.78 Å². The van der Waals surface area contributed by atoms with E-state index >= 15 is 0 Å². The molecule has 4 nitrogen and oxygen atoms in total. The fraction of sp³-hybridized carbons (Fsp3) is 0.607. The van der Waals surface area contributed by atoms with Crippen LogP contribution in [0.5, 0.6) is 0 Å². The molecule has 3 aromatic rings. The van der Waals surface area contributed by atoms with Gasteiger partial charge in [0.15, 0.2) is 12.4 Å². The third-order valence-electron chi connectivity index (χ3n) is 8.45. The maximum atomic E-state index is 11.3. The van der Waals surface area contributed by atoms with E-state index < -0.39 is 6.43 Å². The molecule has 0 aliphatic heterocycles. The predicted octanol–water partition coefficient (Wildman–Crippen LogP) is 17.3. The Morgan fingerprint density at radius 2 is 1.30 bits per heavy atom. The van der Waals surface area contributed by atoms with E-state index in [1.807, 2.05) is 45.1 Å². The average molecular weight is 945 g/mol. The van der Waals surface area contributed by atoms with E-state index in [4.69, 9.17) is 10.8 Å². The van der Waals surface area contributed by atoms with E-state index in [0.717, 1.165) is 72.7 Å². The second-order valence-corrected chi connectivity index (χ2v) is 19.3. The lowest BCUT2D eigenvalue weighted by molar-refractivity contribution is -0.697. The van der Waals surface area contributed by atoms with Crippen molar-refractivity contribution in [2.75, 3.05) is 6.54 Å². The number of hydrogen-bond donors (Lipinski definition) is 1. The first kappa shape index (κ1) is 66.1. The number of aromatic nitrogens is 1. The van der Waals surface area contributed by atoms with Crippen LogP contribution in [-0.2, 0) is 17.8 Å². The van der Waals surface area contributed by atoms with Gasteiger partial charge in [0.25, 0.3) is 0 Å². The number of pyridine rings is 1. The van der Waals surface area contributed by atoms with Gasteiger partial charge in [0.05, 0.1) is 6.26 Å². The summed E-state index contributed by atoms with van der Waals surface area (Å²) in [5, 5.41) is 2.71. The number of aryl methyl sites for hydroxylation is 2. The molecule has 1 N–H and O–H groups in total. The highest BCUT2D eigenvalue weighted by atomic mass is 79.9. The number of halogens is 3. The minimum Gasteiger partial charge on any atom is -0.469 e. The molecule has 3 rings (SSSR count). The summed E-state index contributed by atoms with van der Waals surface area (Å²) in [6.07, 6.45) is 22.2. The number of amides is 1. The van der Waals surface area contributed by atoms with Gasteiger partial charge in [-0.25, -0.2) is 13.3 Å². The number of allylic oxidation sites excluding steroid dienone is 2. The Hall–Kier alpha value is -3.50. The maximum Gasteiger partial charge on any atom is 0.238 e. The number of nitrogens with zero attached hydrogens (tertiary/aromatic N) is 1. The van der Waals surface area contributed by atoms with Gasteiger partial charge in [-0.1, -0.05) is 137 Å². The summed E-state index contributed by atoms with van der Waals surface area (Å²) >= 11 is 3.47. The van der Waals surface area contributed by atoms with E-state index in [2.05, 4.69) is 163 Å². The van der Waals surface area contributed by atoms with Crippen LogP contribution in [0.2, 0.25) is 0 Å². The van der Waals surface area contributed by atoms with Crippen LogP contribution >= 0.6 is 15.9 Å². The molecule has 0 radical (unpaired) electrons. The number of carbonyl (C=O) groups is 1. The lowest BCUT2D eigenvalue weighted by atomic mass is 10.1. The minimum atomic E-state index is -2.12. The van der Waals surface area contributed by atoms with Crippen molar-refractivity contribution >= 4 is 21.8 Å². The molecule has 2 heterocycles. The lowest BCUT2D eigenvalue weighted by Gasteiger charge is -2.03. The Bertz CT molecular complexity index is 1470. The molecular formula is C56H94BrF2N2O2+. The van der Waals surface area contributed by atoms with Crippen molar-refractivity contribution in [1.82, 2.24) is 5.32 Å². The Balaban J connectivity index is -0.000000342. The van der Waals surface area contributed by atoms with E-state index in [-0.39, 0.29) is 24.2 Å². The van der Waals surface area contributed by atoms with Gasteiger partial charge < -0.3 is 9.73 Å². The Morgan fingerprint density at radius 1 is 0.762 bits per heavy atom. The topological polar surface area (TPSA) is 46.1 Å². The number of carbonyl (C=O) groups excluding carboxylic acids is 1. The Morgan fingerprint density at radius 3 is 1.59 bits per heavy atom. The van der Waals surface area contributed by atoms with Gasteiger partial charge >= 0.3 is 0 Å². The third kappa shape index (κ3) is 52.7. The summed E-state index contributed by atoms with van der Waals surface area (Å²) in [7, 11) is 0. The highest BCUT2D eigenvalue weighted by molar-refractivity contribution is 9.10. The van der Waals surface area contributed by atoms with Gasteiger partial charge in [-0.3, -0.25) is 4.79 Å². The van der Waals surface area contributed by atoms with Crippen molar-refractivity contribution in [3.05, 3.63) is 103 Å². The molecule has 0 spiro atoms. The van der Waals surface area contributed by atoms with Crippen LogP contribution in [0.25, 0.3) is 11.1 Å². The quantitative estimate of drug-likeness (QED) is 0.0785. The average Bonchev–Trinajstić information content (AvgIpc) is 3.72. The number of rotatable bonds is 18. The van der Waals surface area contributed by atoms with Crippen LogP contribution in [0, 0.1) is 53.8 Å². The molecule has 0 aliphatic rings. The van der Waals surface area contributed by atoms with Crippen LogP contribution in [-0.4, -0.2) is 18.9 Å². The van der Waals surface area contributed by atoms with Crippen LogP contribution < -0.4 is 9.88 Å². The predicted molar refractivity (Wildman–Crippen MR) is 277 cm³/mol. The van der Waals surface area contributed by atoms with Crippen LogP contribution in [0.3, 0.4) is 0 Å². The second-order valence-electron chi connectivity index (χ2n) is 18.4. The Kier molecular flexibility index (Phi) is 47.3. The van der Waals surface area contributed by atoms with Gasteiger partial charge in [0, 0.05) is 54.8 Å². The molecule has 0 aliphatic carbocycles. The third-order valence-corrected chi connectivity index (χ3v) is 8.98. The zero-order valence-corrected chi connectivity index (χ0v) is 44.4. The molecular weight excluding hydrogens is 851 g/mol. The molecule has 0 saturated carbocycles. The number of benzene rings is 1. The van der Waals surface area contributed by atoms with Crippen molar-refractivity contribution in [2.45, 2.75) is 175 Å². The summed E-state index contributed by atoms with van der Waals surface area (Å²) in [4.78, 5) is 10.6. The van der Waals surface area contributed by atoms with E-state index in [9.17, 15) is 13.6 Å². The van der Waals surface area contributed by atoms with E-state index in [0.29, 0.717) is 5.92 Å². The van der Waals surface area contributed by atoms with E-state index in [1.165, 1.54) is 36.8 Å². The first-order valence-corrected chi connectivity index (χ1v) is 24.3. The van der Waals surface area contributed by atoms with Gasteiger partial charge in [-0.2, -0.15) is 0 Å². The molecule has 2 aromatic heterocycles. The molecule has 0 atom stereocenters. The molecule has 0 unspecified atom stereocenters. The second kappa shape index (κ2) is 45.1. The summed E-state index contributed by atoms with van der Waals surface area (Å²) in [5.74, 6) is 7.89. The Labute approximate surface area is 396 Å². The zero-order valence-electron chi connectivity index (χ0n) is 42.8. The van der Waals surface area contributed by atoms with Crippen molar-refractivity contribution in [1.29, 1.82) is 0 Å². The fourth-order valence-corrected chi connectivity index (χ4v) is 5.03. The van der Waals surface area contributed by atoms with Crippen molar-refractivity contribution in [3.63, 3.8) is 0 Å². The monoisotopic (exact) mass is 944 g/mol. The molecule has 7 heteroatoms. The molecule has 360 valence electrons. The summed E-state index contributed by atoms with van der Waals surface area (Å²) < 4.78 is 31.1. The number of furan rings is 1. The van der Waals surface area contributed by atoms with Gasteiger partial charge in [0.1, 0.15) is 12.3 Å². The van der Waals surface area contributed by atoms with Crippen molar-refractivity contribution < 1.29 is 22.6 Å². The van der Waals surface area contributed by atoms with E-state index in [1.54, 1.807) is 20.1 Å². The molecule has 0 bridgehead atoms. The van der Waals surface area contributed by atoms with Gasteiger partial charge in [-0.05, 0) is 110 Å². The number of terminal acetylenes is 1. The highest BCUT2D eigenvalue weighted by Gasteiger charge is 2.05. The van der Waals surface area contributed by atoms with Gasteiger partial charge in [0.2, 0.25) is 12.3 Å². The van der Waals surface area contributed by atoms with Crippen LogP contribution in [0.15, 0.2) is 101 Å². The first-order chi connectivity index (χ1) is 29.6. The standard InChI is InChI=1S/C17H21BrN.C9H14O.C7H14.C6H13NO.C6H12.C6H10.C5H10F2/c1-14(2)4-3-11-19-12-9-16(10-13-19)15-5-7-17(18)8-6-15;1-8(2)5-6-9-4-3-7-10-9;1-4-5-6-7(2)3;1-4-7-6(8)5(2)3;2*1-4-5-6(2)3;1-4(2)3-5(6)7/h5-10,12-14H,3-4,11H2,1-2H3;3-4,7-8H,5-6H2,1-2H3;4,7H,1,5-6H2,2-3H3;5H,4H2,1-3H3,(H,7,8);4,6H,1,5H2,2-3H3;1,6H,5H2,2-3H3;4-5H,3H2,1-2H3/q+1;;;;;;. The number of alkyl halides is 2. The zero-order chi connectivity index (χ0) is 49.2. The summed E-state index contributed by atoms with van der Waals surface area (Å²) in [6, 6.07) is 16.8. The maximum absolute atomic E-state index is 11.3. The normalized spacial score (nSPS) is 10.2. The van der Waals surface area contributed by atoms with Crippen molar-refractivity contribution in [3.8, 4) is 23.5 Å². The largest absolute Gasteiger partial charge is 0.469 e. The number of hydrogen-bond acceptors (Lipinski definition) is 2. The SMILES string of the molecule is C#CCC(C)C.C=CCC(C)C.C=CCCC(C)C.CC(C)CC(F)F.CC(C)CCC[n+]1ccc(-c2ccc(Br)cc2)cc1.CC(C)CCc1ccco1.CCNC(=O)C(C)C. The summed E-state index contributed by atoms with van der Waals surface area (Å²) in [6.45, 7) is 40.4. The minimum absolute atomic E-state index is 0.0278. The van der Waals surface area contributed by atoms with Gasteiger partial charge in [-0.15, -0.1) is 25.5 Å². The smallest absolute Gasteiger partial charge is 0.238 e. The number of nitrogens with one attached hydrogen (secondary N) is 1. The molecule has 63 heavy (non-hydrogen) atoms.